The van der Waals surface area contributed by atoms with Gasteiger partial charge in [0.25, 0.3) is 5.69 Å². The van der Waals surface area contributed by atoms with E-state index in [1.807, 2.05) is 0 Å². The minimum absolute atomic E-state index is 0.140. The third-order valence-electron chi connectivity index (χ3n) is 1.75. The second kappa shape index (κ2) is 3.42. The minimum Gasteiger partial charge on any atom is -0.395 e. The predicted octanol–water partition coefficient (Wildman–Crippen LogP) is 3.33. The molecular formula is C7HBrClF2NO4. The molecule has 2 rings (SSSR count). The minimum atomic E-state index is -3.86. The SMILES string of the molecule is O=[N+]([O-])c1cc2c(c(Cl)c1Br)OC(F)(F)O2. The van der Waals surface area contributed by atoms with Crippen molar-refractivity contribution in [1.29, 1.82) is 0 Å². The van der Waals surface area contributed by atoms with E-state index >= 15 is 0 Å². The molecule has 16 heavy (non-hydrogen) atoms. The lowest BCUT2D eigenvalue weighted by Crippen LogP contribution is -2.26. The van der Waals surface area contributed by atoms with Crippen molar-refractivity contribution in [2.45, 2.75) is 6.29 Å². The van der Waals surface area contributed by atoms with Crippen molar-refractivity contribution in [3.05, 3.63) is 25.7 Å². The summed E-state index contributed by atoms with van der Waals surface area (Å²) in [7, 11) is 0. The van der Waals surface area contributed by atoms with E-state index < -0.39 is 28.4 Å². The number of nitrogens with zero attached hydrogens (tertiary/aromatic N) is 1. The molecule has 86 valence electrons. The number of rotatable bonds is 1. The van der Waals surface area contributed by atoms with Crippen LogP contribution in [0.3, 0.4) is 0 Å². The van der Waals surface area contributed by atoms with Crippen molar-refractivity contribution in [3.8, 4) is 11.5 Å². The van der Waals surface area contributed by atoms with Gasteiger partial charge < -0.3 is 9.47 Å². The van der Waals surface area contributed by atoms with E-state index in [2.05, 4.69) is 25.4 Å². The van der Waals surface area contributed by atoms with Gasteiger partial charge in [-0.1, -0.05) is 11.6 Å². The summed E-state index contributed by atoms with van der Waals surface area (Å²) in [6, 6.07) is 0.812. The van der Waals surface area contributed by atoms with Gasteiger partial charge >= 0.3 is 6.29 Å². The molecule has 0 spiro atoms. The molecule has 1 heterocycles. The van der Waals surface area contributed by atoms with Crippen LogP contribution in [0.2, 0.25) is 5.02 Å². The Labute approximate surface area is 100 Å². The maximum atomic E-state index is 12.7. The zero-order valence-electron chi connectivity index (χ0n) is 7.17. The number of hydrogen-bond donors (Lipinski definition) is 0. The molecule has 1 aliphatic heterocycles. The Morgan fingerprint density at radius 1 is 1.50 bits per heavy atom. The molecule has 1 aromatic carbocycles. The number of ether oxygens (including phenoxy) is 2. The molecule has 0 saturated carbocycles. The summed E-state index contributed by atoms with van der Waals surface area (Å²) in [4.78, 5) is 9.79. The van der Waals surface area contributed by atoms with E-state index in [-0.39, 0.29) is 9.50 Å². The van der Waals surface area contributed by atoms with Crippen LogP contribution < -0.4 is 9.47 Å². The zero-order valence-corrected chi connectivity index (χ0v) is 9.51. The van der Waals surface area contributed by atoms with Gasteiger partial charge in [-0.25, -0.2) is 0 Å². The van der Waals surface area contributed by atoms with E-state index in [4.69, 9.17) is 11.6 Å². The second-order valence-corrected chi connectivity index (χ2v) is 3.95. The van der Waals surface area contributed by atoms with Crippen molar-refractivity contribution < 1.29 is 23.2 Å². The van der Waals surface area contributed by atoms with Gasteiger partial charge in [-0.2, -0.15) is 0 Å². The number of benzene rings is 1. The molecule has 0 aromatic heterocycles. The fraction of sp³-hybridized carbons (Fsp3) is 0.143. The van der Waals surface area contributed by atoms with E-state index in [0.29, 0.717) is 0 Å². The first-order chi connectivity index (χ1) is 7.32. The number of hydrogen-bond acceptors (Lipinski definition) is 4. The first kappa shape index (κ1) is 11.3. The maximum Gasteiger partial charge on any atom is 0.586 e. The number of halogens is 4. The highest BCUT2D eigenvalue weighted by atomic mass is 79.9. The Balaban J connectivity index is 2.62. The van der Waals surface area contributed by atoms with E-state index in [9.17, 15) is 18.9 Å². The Bertz CT molecular complexity index is 496. The van der Waals surface area contributed by atoms with Crippen molar-refractivity contribution in [3.63, 3.8) is 0 Å². The molecule has 0 aliphatic carbocycles. The third kappa shape index (κ3) is 1.67. The summed E-state index contributed by atoms with van der Waals surface area (Å²) in [5.41, 5.74) is -0.481. The fourth-order valence-corrected chi connectivity index (χ4v) is 1.81. The molecule has 0 saturated heterocycles. The molecule has 1 aromatic rings. The Morgan fingerprint density at radius 2 is 2.12 bits per heavy atom. The first-order valence-electron chi connectivity index (χ1n) is 3.74. The van der Waals surface area contributed by atoms with Crippen molar-refractivity contribution in [1.82, 2.24) is 0 Å². The molecule has 0 bridgehead atoms. The van der Waals surface area contributed by atoms with Crippen LogP contribution in [0, 0.1) is 10.1 Å². The van der Waals surface area contributed by atoms with Gasteiger partial charge in [0.2, 0.25) is 0 Å². The summed E-state index contributed by atoms with van der Waals surface area (Å²) in [6.45, 7) is 0. The summed E-state index contributed by atoms with van der Waals surface area (Å²) < 4.78 is 33.4. The van der Waals surface area contributed by atoms with E-state index in [1.165, 1.54) is 0 Å². The first-order valence-corrected chi connectivity index (χ1v) is 4.91. The van der Waals surface area contributed by atoms with Crippen LogP contribution in [-0.2, 0) is 0 Å². The highest BCUT2D eigenvalue weighted by Gasteiger charge is 2.46. The summed E-state index contributed by atoms with van der Waals surface area (Å²) in [5, 5.41) is 10.2. The molecule has 0 amide bonds. The Hall–Kier alpha value is -1.15. The topological polar surface area (TPSA) is 61.6 Å². The van der Waals surface area contributed by atoms with Gasteiger partial charge in [-0.15, -0.1) is 8.78 Å². The van der Waals surface area contributed by atoms with E-state index in [0.717, 1.165) is 6.07 Å². The lowest BCUT2D eigenvalue weighted by Gasteiger charge is -2.04. The number of alkyl halides is 2. The maximum absolute atomic E-state index is 12.7. The highest BCUT2D eigenvalue weighted by Crippen LogP contribution is 2.51. The monoisotopic (exact) mass is 315 g/mol. The van der Waals surface area contributed by atoms with Crippen molar-refractivity contribution in [2.75, 3.05) is 0 Å². The Kier molecular flexibility index (Phi) is 2.43. The highest BCUT2D eigenvalue weighted by molar-refractivity contribution is 9.10. The number of nitro groups is 1. The van der Waals surface area contributed by atoms with Gasteiger partial charge in [0.05, 0.1) is 11.0 Å². The van der Waals surface area contributed by atoms with Crippen molar-refractivity contribution in [2.24, 2.45) is 0 Å². The molecule has 0 fully saturated rings. The summed E-state index contributed by atoms with van der Waals surface area (Å²) in [5.74, 6) is -0.894. The molecule has 0 N–H and O–H groups in total. The molecule has 0 atom stereocenters. The lowest BCUT2D eigenvalue weighted by molar-refractivity contribution is -0.385. The van der Waals surface area contributed by atoms with E-state index in [1.54, 1.807) is 0 Å². The number of fused-ring (bicyclic) bond motifs is 1. The van der Waals surface area contributed by atoms with Crippen LogP contribution in [-0.4, -0.2) is 11.2 Å². The van der Waals surface area contributed by atoms with Crippen LogP contribution in [0.4, 0.5) is 14.5 Å². The molecule has 0 radical (unpaired) electrons. The summed E-state index contributed by atoms with van der Waals surface area (Å²) >= 11 is 8.44. The molecule has 1 aliphatic rings. The molecule has 9 heteroatoms. The van der Waals surface area contributed by atoms with Crippen LogP contribution >= 0.6 is 27.5 Å². The average molecular weight is 316 g/mol. The zero-order chi connectivity index (χ0) is 12.1. The van der Waals surface area contributed by atoms with Gasteiger partial charge in [0, 0.05) is 0 Å². The van der Waals surface area contributed by atoms with Crippen LogP contribution in [0.1, 0.15) is 0 Å². The summed E-state index contributed by atoms with van der Waals surface area (Å²) in [6.07, 6.45) is -3.86. The molecule has 5 nitrogen and oxygen atoms in total. The van der Waals surface area contributed by atoms with Crippen LogP contribution in [0.15, 0.2) is 10.5 Å². The number of nitro benzene ring substituents is 1. The second-order valence-electron chi connectivity index (χ2n) is 2.78. The lowest BCUT2D eigenvalue weighted by atomic mass is 10.3. The average Bonchev–Trinajstić information content (AvgIpc) is 2.46. The van der Waals surface area contributed by atoms with Crippen LogP contribution in [0.25, 0.3) is 0 Å². The standard InChI is InChI=1S/C7HBrClF2NO4/c8-4-2(12(13)14)1-3-6(5(4)9)16-7(10,11)15-3/h1H. The fourth-order valence-electron chi connectivity index (χ4n) is 1.14. The van der Waals surface area contributed by atoms with Crippen LogP contribution in [0.5, 0.6) is 11.5 Å². The third-order valence-corrected chi connectivity index (χ3v) is 3.15. The van der Waals surface area contributed by atoms with Gasteiger partial charge in [0.1, 0.15) is 9.50 Å². The normalized spacial score (nSPS) is 16.2. The molecule has 0 unspecified atom stereocenters. The largest absolute Gasteiger partial charge is 0.586 e. The Morgan fingerprint density at radius 3 is 2.69 bits per heavy atom. The quantitative estimate of drug-likeness (QED) is 0.589. The van der Waals surface area contributed by atoms with Gasteiger partial charge in [-0.05, 0) is 15.9 Å². The van der Waals surface area contributed by atoms with Gasteiger partial charge in [-0.3, -0.25) is 10.1 Å². The molecular weight excluding hydrogens is 315 g/mol. The predicted molar refractivity (Wildman–Crippen MR) is 52.0 cm³/mol. The van der Waals surface area contributed by atoms with Gasteiger partial charge in [0.15, 0.2) is 11.5 Å². The smallest absolute Gasteiger partial charge is 0.395 e. The van der Waals surface area contributed by atoms with Crippen molar-refractivity contribution >= 4 is 33.2 Å².